The van der Waals surface area contributed by atoms with Crippen LogP contribution in [0.15, 0.2) is 23.1 Å². The molecule has 2 nitrogen and oxygen atoms in total. The molecule has 60 valence electrons. The molecule has 0 aliphatic heterocycles. The van der Waals surface area contributed by atoms with Crippen molar-refractivity contribution in [3.05, 3.63) is 18.2 Å². The monoisotopic (exact) mass is 202 g/mol. The highest BCUT2D eigenvalue weighted by Gasteiger charge is 2.00. The van der Waals surface area contributed by atoms with E-state index in [1.165, 1.54) is 11.3 Å². The minimum Gasteiger partial charge on any atom is -0.253 e. The molecule has 1 aromatic heterocycles. The van der Waals surface area contributed by atoms with Crippen LogP contribution >= 0.6 is 23.1 Å². The fraction of sp³-hybridized carbons (Fsp3) is 0. The minimum absolute atomic E-state index is 0.564. The second kappa shape index (κ2) is 3.40. The van der Waals surface area contributed by atoms with Gasteiger partial charge in [0.1, 0.15) is 5.40 Å². The van der Waals surface area contributed by atoms with Gasteiger partial charge in [-0.2, -0.15) is 5.26 Å². The van der Waals surface area contributed by atoms with Crippen molar-refractivity contribution in [1.82, 2.24) is 4.98 Å². The van der Waals surface area contributed by atoms with Gasteiger partial charge in [-0.25, -0.2) is 0 Å². The Morgan fingerprint density at radius 3 is 3.15 bits per heavy atom. The lowest BCUT2D eigenvalue weighted by molar-refractivity contribution is 1.48. The Kier molecular flexibility index (Phi) is 2.25. The van der Waals surface area contributed by atoms with E-state index in [1.807, 2.05) is 23.6 Å². The van der Waals surface area contributed by atoms with Crippen molar-refractivity contribution in [2.75, 3.05) is 0 Å². The van der Waals surface area contributed by atoms with Gasteiger partial charge in [-0.15, -0.1) is 11.3 Å². The number of rotatable bonds is 1. The topological polar surface area (TPSA) is 36.7 Å². The van der Waals surface area contributed by atoms with Gasteiger partial charge in [0.2, 0.25) is 0 Å². The van der Waals surface area contributed by atoms with Crippen molar-refractivity contribution in [3.63, 3.8) is 0 Å². The highest BCUT2D eigenvalue weighted by atomic mass is 32.2. The Morgan fingerprint density at radius 1 is 1.54 bits per heavy atom. The third-order valence-electron chi connectivity index (χ3n) is 1.54. The highest BCUT2D eigenvalue weighted by molar-refractivity contribution is 8.03. The lowest BCUT2D eigenvalue weighted by atomic mass is 10.2. The van der Waals surface area contributed by atoms with Gasteiger partial charge in [-0.3, -0.25) is 4.98 Å². The van der Waals surface area contributed by atoms with Gasteiger partial charge in [0.25, 0.3) is 0 Å². The zero-order valence-electron chi connectivity index (χ0n) is 6.52. The molecule has 0 saturated carbocycles. The van der Waals surface area contributed by atoms with Crippen molar-refractivity contribution >= 4 is 46.1 Å². The molecular formula is C8H3BN2S2. The molecular weight excluding hydrogens is 199 g/mol. The molecule has 0 N–H and O–H groups in total. The fourth-order valence-electron chi connectivity index (χ4n) is 1.04. The van der Waals surface area contributed by atoms with Crippen molar-refractivity contribution in [2.24, 2.45) is 0 Å². The molecule has 0 saturated heterocycles. The van der Waals surface area contributed by atoms with Crippen molar-refractivity contribution in [1.29, 1.82) is 5.26 Å². The van der Waals surface area contributed by atoms with E-state index in [0.29, 0.717) is 4.91 Å². The molecule has 2 aromatic rings. The first-order valence-corrected chi connectivity index (χ1v) is 5.15. The summed E-state index contributed by atoms with van der Waals surface area (Å²) < 4.78 is 1.03. The number of nitriles is 1. The maximum atomic E-state index is 8.47. The number of thiocyanates is 1. The summed E-state index contributed by atoms with van der Waals surface area (Å²) in [6.07, 6.45) is 0. The molecule has 0 bridgehead atoms. The molecule has 2 radical (unpaired) electrons. The predicted molar refractivity (Wildman–Crippen MR) is 56.5 cm³/mol. The molecule has 13 heavy (non-hydrogen) atoms. The number of hydrogen-bond acceptors (Lipinski definition) is 4. The van der Waals surface area contributed by atoms with E-state index in [-0.39, 0.29) is 0 Å². The number of thiazole rings is 1. The Labute approximate surface area is 85.0 Å². The molecule has 0 spiro atoms. The Bertz CT molecular complexity index is 486. The molecule has 0 atom stereocenters. The standard InChI is InChI=1S/C8H3BN2S2/c9-8-11-6-2-1-5(12-4-10)3-7(6)13-8/h1-3H. The van der Waals surface area contributed by atoms with Crippen molar-refractivity contribution in [3.8, 4) is 5.40 Å². The second-order valence-corrected chi connectivity index (χ2v) is 4.30. The van der Waals surface area contributed by atoms with Gasteiger partial charge < -0.3 is 0 Å². The van der Waals surface area contributed by atoms with Gasteiger partial charge in [0, 0.05) is 9.80 Å². The van der Waals surface area contributed by atoms with Crippen LogP contribution in [-0.2, 0) is 0 Å². The van der Waals surface area contributed by atoms with Gasteiger partial charge in [-0.05, 0) is 30.0 Å². The Hall–Kier alpha value is -0.985. The minimum atomic E-state index is 0.564. The molecule has 5 heteroatoms. The van der Waals surface area contributed by atoms with E-state index in [2.05, 4.69) is 4.98 Å². The molecule has 2 rings (SSSR count). The number of nitrogens with zero attached hydrogens (tertiary/aromatic N) is 2. The number of benzene rings is 1. The van der Waals surface area contributed by atoms with E-state index in [1.54, 1.807) is 0 Å². The number of hydrogen-bond donors (Lipinski definition) is 0. The zero-order valence-corrected chi connectivity index (χ0v) is 8.15. The lowest BCUT2D eigenvalue weighted by Gasteiger charge is -1.91. The average Bonchev–Trinajstić information content (AvgIpc) is 2.44. The van der Waals surface area contributed by atoms with Gasteiger partial charge in [0.05, 0.1) is 10.2 Å². The first kappa shape index (κ1) is 8.61. The number of fused-ring (bicyclic) bond motifs is 1. The third-order valence-corrected chi connectivity index (χ3v) is 2.97. The summed E-state index contributed by atoms with van der Waals surface area (Å²) in [7, 11) is 5.55. The maximum absolute atomic E-state index is 8.47. The van der Waals surface area contributed by atoms with E-state index >= 15 is 0 Å². The van der Waals surface area contributed by atoms with Crippen molar-refractivity contribution in [2.45, 2.75) is 4.90 Å². The normalized spacial score (nSPS) is 10.1. The quantitative estimate of drug-likeness (QED) is 0.401. The van der Waals surface area contributed by atoms with Crippen LogP contribution in [0.25, 0.3) is 10.2 Å². The molecule has 0 aliphatic rings. The summed E-state index contributed by atoms with van der Waals surface area (Å²) in [6.45, 7) is 0. The molecule has 1 heterocycles. The van der Waals surface area contributed by atoms with E-state index in [0.717, 1.165) is 26.9 Å². The van der Waals surface area contributed by atoms with Crippen LogP contribution in [0.5, 0.6) is 0 Å². The van der Waals surface area contributed by atoms with E-state index < -0.39 is 0 Å². The summed E-state index contributed by atoms with van der Waals surface area (Å²) in [5.41, 5.74) is 0.893. The summed E-state index contributed by atoms with van der Waals surface area (Å²) in [5.74, 6) is 0. The van der Waals surface area contributed by atoms with Crippen molar-refractivity contribution < 1.29 is 0 Å². The van der Waals surface area contributed by atoms with E-state index in [4.69, 9.17) is 13.1 Å². The Balaban J connectivity index is 2.56. The average molecular weight is 202 g/mol. The van der Waals surface area contributed by atoms with Crippen LogP contribution in [0.3, 0.4) is 0 Å². The fourth-order valence-corrected chi connectivity index (χ4v) is 2.31. The number of thioether (sulfide) groups is 1. The Morgan fingerprint density at radius 2 is 2.38 bits per heavy atom. The summed E-state index contributed by atoms with van der Waals surface area (Å²) in [4.78, 5) is 5.61. The van der Waals surface area contributed by atoms with Crippen LogP contribution in [0.1, 0.15) is 0 Å². The largest absolute Gasteiger partial charge is 0.253 e. The van der Waals surface area contributed by atoms with Gasteiger partial charge in [0.15, 0.2) is 7.85 Å². The maximum Gasteiger partial charge on any atom is 0.157 e. The summed E-state index contributed by atoms with van der Waals surface area (Å²) in [6, 6.07) is 5.68. The zero-order chi connectivity index (χ0) is 9.26. The van der Waals surface area contributed by atoms with E-state index in [9.17, 15) is 0 Å². The summed E-state index contributed by atoms with van der Waals surface area (Å²) >= 11 is 2.58. The predicted octanol–water partition coefficient (Wildman–Crippen LogP) is 1.66. The van der Waals surface area contributed by atoms with Crippen LogP contribution in [0, 0.1) is 10.7 Å². The molecule has 1 aromatic carbocycles. The smallest absolute Gasteiger partial charge is 0.157 e. The molecule has 0 unspecified atom stereocenters. The molecule has 0 fully saturated rings. The van der Waals surface area contributed by atoms with Crippen LogP contribution in [0.2, 0.25) is 0 Å². The van der Waals surface area contributed by atoms with Gasteiger partial charge in [-0.1, -0.05) is 0 Å². The SMILES string of the molecule is [B]c1nc2ccc(SC#N)cc2s1. The van der Waals surface area contributed by atoms with Crippen LogP contribution < -0.4 is 4.91 Å². The number of aromatic nitrogens is 1. The molecule has 0 aliphatic carbocycles. The van der Waals surface area contributed by atoms with Crippen LogP contribution in [0.4, 0.5) is 0 Å². The van der Waals surface area contributed by atoms with Crippen LogP contribution in [-0.4, -0.2) is 12.8 Å². The van der Waals surface area contributed by atoms with Gasteiger partial charge >= 0.3 is 0 Å². The highest BCUT2D eigenvalue weighted by Crippen LogP contribution is 2.23. The summed E-state index contributed by atoms with van der Waals surface area (Å²) in [5, 5.41) is 10.5. The first-order chi connectivity index (χ1) is 6.29. The first-order valence-electron chi connectivity index (χ1n) is 3.51. The molecule has 0 amide bonds. The lowest BCUT2D eigenvalue weighted by Crippen LogP contribution is -1.96. The third kappa shape index (κ3) is 1.69. The second-order valence-electron chi connectivity index (χ2n) is 2.37.